The Kier molecular flexibility index (Phi) is 7.93. The Hall–Kier alpha value is -4.52. The minimum atomic E-state index is -1.11. The molecule has 7 nitrogen and oxygen atoms in total. The number of hydrogen-bond donors (Lipinski definition) is 3. The molecule has 0 saturated carbocycles. The van der Waals surface area contributed by atoms with Gasteiger partial charge in [0.15, 0.2) is 0 Å². The fourth-order valence-corrected chi connectivity index (χ4v) is 4.41. The van der Waals surface area contributed by atoms with Crippen LogP contribution in [-0.2, 0) is 16.0 Å². The Labute approximate surface area is 215 Å². The fraction of sp³-hybridized carbons (Fsp3) is 0.200. The minimum Gasteiger partial charge on any atom is -0.480 e. The molecule has 0 aliphatic carbocycles. The normalized spacial score (nSPS) is 12.6. The lowest BCUT2D eigenvalue weighted by Crippen LogP contribution is -2.45. The van der Waals surface area contributed by atoms with Gasteiger partial charge in [0.2, 0.25) is 5.91 Å². The summed E-state index contributed by atoms with van der Waals surface area (Å²) in [4.78, 5) is 42.2. The van der Waals surface area contributed by atoms with Crippen LogP contribution >= 0.6 is 0 Å². The number of hydrogen-bond acceptors (Lipinski definition) is 4. The summed E-state index contributed by atoms with van der Waals surface area (Å²) in [5, 5.41) is 16.1. The van der Waals surface area contributed by atoms with Crippen LogP contribution in [0.2, 0.25) is 0 Å². The van der Waals surface area contributed by atoms with Crippen LogP contribution in [0, 0.1) is 5.92 Å². The van der Waals surface area contributed by atoms with Crippen molar-refractivity contribution in [1.82, 2.24) is 10.3 Å². The Morgan fingerprint density at radius 3 is 2.22 bits per heavy atom. The molecule has 1 heterocycles. The number of benzene rings is 3. The van der Waals surface area contributed by atoms with Crippen molar-refractivity contribution in [1.29, 1.82) is 0 Å². The van der Waals surface area contributed by atoms with Crippen molar-refractivity contribution in [2.24, 2.45) is 5.92 Å². The van der Waals surface area contributed by atoms with Crippen LogP contribution in [0.3, 0.4) is 0 Å². The highest BCUT2D eigenvalue weighted by atomic mass is 16.4. The Balaban J connectivity index is 1.43. The van der Waals surface area contributed by atoms with Gasteiger partial charge in [-0.1, -0.05) is 74.5 Å². The Morgan fingerprint density at radius 1 is 0.865 bits per heavy atom. The van der Waals surface area contributed by atoms with E-state index in [4.69, 9.17) is 0 Å². The number of carboxylic acid groups (broad SMARTS) is 1. The maximum Gasteiger partial charge on any atom is 0.326 e. The van der Waals surface area contributed by atoms with E-state index in [-0.39, 0.29) is 24.2 Å². The average Bonchev–Trinajstić information content (AvgIpc) is 2.89. The smallest absolute Gasteiger partial charge is 0.326 e. The van der Waals surface area contributed by atoms with Crippen molar-refractivity contribution >= 4 is 34.4 Å². The van der Waals surface area contributed by atoms with Gasteiger partial charge >= 0.3 is 5.97 Å². The standard InChI is InChI=1S/C30H29N3O4/c1-19(2)27(21-8-4-3-5-9-21)29(35)33-26(30(36)37)18-20-12-14-22(15-13-20)32-28(34)24-16-17-31-25-11-7-6-10-23(24)25/h3-17,19,26-27H,18H2,1-2H3,(H,32,34)(H,33,35)(H,36,37)/t26-,27?/m0/s1. The predicted octanol–water partition coefficient (Wildman–Crippen LogP) is 5.04. The summed E-state index contributed by atoms with van der Waals surface area (Å²) < 4.78 is 0. The Bertz CT molecular complexity index is 1400. The average molecular weight is 496 g/mol. The van der Waals surface area contributed by atoms with Gasteiger partial charge in [-0.2, -0.15) is 0 Å². The summed E-state index contributed by atoms with van der Waals surface area (Å²) in [6, 6.07) is 24.3. The van der Waals surface area contributed by atoms with E-state index >= 15 is 0 Å². The number of anilines is 1. The molecule has 3 aromatic carbocycles. The van der Waals surface area contributed by atoms with Crippen LogP contribution in [-0.4, -0.2) is 33.9 Å². The molecular weight excluding hydrogens is 466 g/mol. The van der Waals surface area contributed by atoms with E-state index in [2.05, 4.69) is 15.6 Å². The van der Waals surface area contributed by atoms with Gasteiger partial charge in [-0.15, -0.1) is 0 Å². The Morgan fingerprint density at radius 2 is 1.54 bits per heavy atom. The highest BCUT2D eigenvalue weighted by Crippen LogP contribution is 2.25. The van der Waals surface area contributed by atoms with Gasteiger partial charge in [-0.05, 0) is 41.3 Å². The molecule has 4 rings (SSSR count). The molecule has 2 atom stereocenters. The number of para-hydroxylation sites is 1. The number of fused-ring (bicyclic) bond motifs is 1. The molecule has 4 aromatic rings. The first-order valence-corrected chi connectivity index (χ1v) is 12.2. The second kappa shape index (κ2) is 11.5. The molecule has 0 saturated heterocycles. The van der Waals surface area contributed by atoms with Crippen LogP contribution < -0.4 is 10.6 Å². The molecule has 0 fully saturated rings. The molecule has 0 spiro atoms. The molecule has 188 valence electrons. The summed E-state index contributed by atoms with van der Waals surface area (Å²) >= 11 is 0. The molecule has 3 N–H and O–H groups in total. The first-order chi connectivity index (χ1) is 17.8. The third-order valence-electron chi connectivity index (χ3n) is 6.27. The van der Waals surface area contributed by atoms with Crippen LogP contribution in [0.25, 0.3) is 10.9 Å². The number of carbonyl (C=O) groups is 3. The zero-order valence-corrected chi connectivity index (χ0v) is 20.7. The van der Waals surface area contributed by atoms with Gasteiger partial charge in [0, 0.05) is 23.7 Å². The molecular formula is C30H29N3O4. The summed E-state index contributed by atoms with van der Waals surface area (Å²) in [6.45, 7) is 3.88. The summed E-state index contributed by atoms with van der Waals surface area (Å²) in [5.41, 5.74) is 3.40. The van der Waals surface area contributed by atoms with Gasteiger partial charge in [-0.25, -0.2) is 4.79 Å². The number of nitrogens with zero attached hydrogens (tertiary/aromatic N) is 1. The monoisotopic (exact) mass is 495 g/mol. The number of carboxylic acids is 1. The molecule has 37 heavy (non-hydrogen) atoms. The number of aliphatic carboxylic acids is 1. The number of nitrogens with one attached hydrogen (secondary N) is 2. The van der Waals surface area contributed by atoms with Crippen LogP contribution in [0.15, 0.2) is 91.1 Å². The van der Waals surface area contributed by atoms with Gasteiger partial charge in [0.25, 0.3) is 5.91 Å². The van der Waals surface area contributed by atoms with Gasteiger partial charge in [0.05, 0.1) is 17.0 Å². The van der Waals surface area contributed by atoms with E-state index in [0.29, 0.717) is 11.3 Å². The molecule has 0 radical (unpaired) electrons. The molecule has 7 heteroatoms. The van der Waals surface area contributed by atoms with Gasteiger partial charge in [0.1, 0.15) is 6.04 Å². The molecule has 1 aromatic heterocycles. The van der Waals surface area contributed by atoms with Crippen molar-refractivity contribution in [2.75, 3.05) is 5.32 Å². The van der Waals surface area contributed by atoms with E-state index in [0.717, 1.165) is 22.0 Å². The van der Waals surface area contributed by atoms with E-state index in [1.54, 1.807) is 36.5 Å². The summed E-state index contributed by atoms with van der Waals surface area (Å²) in [6.07, 6.45) is 1.71. The lowest BCUT2D eigenvalue weighted by molar-refractivity contribution is -0.142. The highest BCUT2D eigenvalue weighted by molar-refractivity contribution is 6.12. The van der Waals surface area contributed by atoms with Crippen molar-refractivity contribution < 1.29 is 19.5 Å². The molecule has 1 unspecified atom stereocenters. The fourth-order valence-electron chi connectivity index (χ4n) is 4.41. The quantitative estimate of drug-likeness (QED) is 0.302. The largest absolute Gasteiger partial charge is 0.480 e. The molecule has 0 bridgehead atoms. The lowest BCUT2D eigenvalue weighted by Gasteiger charge is -2.23. The topological polar surface area (TPSA) is 108 Å². The maximum absolute atomic E-state index is 13.1. The van der Waals surface area contributed by atoms with Crippen LogP contribution in [0.5, 0.6) is 0 Å². The van der Waals surface area contributed by atoms with E-state index in [1.807, 2.05) is 68.4 Å². The van der Waals surface area contributed by atoms with Crippen molar-refractivity contribution in [3.8, 4) is 0 Å². The number of rotatable bonds is 9. The zero-order chi connectivity index (χ0) is 26.4. The molecule has 0 aliphatic rings. The summed E-state index contributed by atoms with van der Waals surface area (Å²) in [5.74, 6) is -2.14. The van der Waals surface area contributed by atoms with E-state index in [9.17, 15) is 19.5 Å². The third-order valence-corrected chi connectivity index (χ3v) is 6.27. The second-order valence-electron chi connectivity index (χ2n) is 9.26. The first kappa shape index (κ1) is 25.6. The number of carbonyl (C=O) groups excluding carboxylic acids is 2. The third kappa shape index (κ3) is 6.19. The maximum atomic E-state index is 13.1. The SMILES string of the molecule is CC(C)C(C(=O)N[C@@H](Cc1ccc(NC(=O)c2ccnc3ccccc23)cc1)C(=O)O)c1ccccc1. The highest BCUT2D eigenvalue weighted by Gasteiger charge is 2.28. The van der Waals surface area contributed by atoms with E-state index < -0.39 is 17.9 Å². The predicted molar refractivity (Wildman–Crippen MR) is 143 cm³/mol. The van der Waals surface area contributed by atoms with Gasteiger partial charge in [-0.3, -0.25) is 14.6 Å². The van der Waals surface area contributed by atoms with Crippen molar-refractivity contribution in [3.05, 3.63) is 108 Å². The zero-order valence-electron chi connectivity index (χ0n) is 20.7. The van der Waals surface area contributed by atoms with E-state index in [1.165, 1.54) is 0 Å². The molecule has 0 aliphatic heterocycles. The minimum absolute atomic E-state index is 0.00254. The first-order valence-electron chi connectivity index (χ1n) is 12.2. The van der Waals surface area contributed by atoms with Gasteiger partial charge < -0.3 is 15.7 Å². The number of pyridine rings is 1. The molecule has 2 amide bonds. The van der Waals surface area contributed by atoms with Crippen LogP contribution in [0.1, 0.15) is 41.3 Å². The lowest BCUT2D eigenvalue weighted by atomic mass is 9.87. The summed E-state index contributed by atoms with van der Waals surface area (Å²) in [7, 11) is 0. The number of amides is 2. The van der Waals surface area contributed by atoms with Crippen molar-refractivity contribution in [3.63, 3.8) is 0 Å². The number of aromatic nitrogens is 1. The second-order valence-corrected chi connectivity index (χ2v) is 9.26. The van der Waals surface area contributed by atoms with Crippen LogP contribution in [0.4, 0.5) is 5.69 Å². The van der Waals surface area contributed by atoms with Crippen molar-refractivity contribution in [2.45, 2.75) is 32.2 Å².